The van der Waals surface area contributed by atoms with E-state index < -0.39 is 12.1 Å². The van der Waals surface area contributed by atoms with Crippen molar-refractivity contribution in [2.45, 2.75) is 57.7 Å². The first-order chi connectivity index (χ1) is 11.3. The summed E-state index contributed by atoms with van der Waals surface area (Å²) < 4.78 is 40.3. The summed E-state index contributed by atoms with van der Waals surface area (Å²) in [6.45, 7) is 3.27. The summed E-state index contributed by atoms with van der Waals surface area (Å²) in [4.78, 5) is 13.0. The molecule has 0 aliphatic heterocycles. The van der Waals surface area contributed by atoms with Crippen molar-refractivity contribution in [2.75, 3.05) is 5.32 Å². The number of thiazole rings is 1. The van der Waals surface area contributed by atoms with E-state index in [9.17, 15) is 13.2 Å². The summed E-state index contributed by atoms with van der Waals surface area (Å²) in [5.74, 6) is -1.76. The minimum Gasteiger partial charge on any atom is -0.367 e. The van der Waals surface area contributed by atoms with E-state index in [1.54, 1.807) is 6.07 Å². The first-order valence-electron chi connectivity index (χ1n) is 7.92. The number of hydrogen-bond donors (Lipinski definition) is 1. The van der Waals surface area contributed by atoms with Crippen LogP contribution in [0.25, 0.3) is 10.8 Å². The second-order valence-electron chi connectivity index (χ2n) is 6.19. The maximum Gasteiger partial charge on any atom is 0.248 e. The maximum atomic E-state index is 13.8. The zero-order chi connectivity index (χ0) is 17.3. The maximum absolute atomic E-state index is 13.8. The molecule has 0 amide bonds. The molecule has 2 aromatic rings. The van der Waals surface area contributed by atoms with Crippen molar-refractivity contribution in [2.24, 2.45) is 0 Å². The summed E-state index contributed by atoms with van der Waals surface area (Å²) >= 11 is 1.39. The number of aromatic nitrogens is 3. The molecule has 0 aromatic carbocycles. The summed E-state index contributed by atoms with van der Waals surface area (Å²) in [7, 11) is 0. The highest BCUT2D eigenvalue weighted by Gasteiger charge is 2.35. The van der Waals surface area contributed by atoms with Crippen molar-refractivity contribution < 1.29 is 13.2 Å². The van der Waals surface area contributed by atoms with Crippen molar-refractivity contribution in [3.05, 3.63) is 22.8 Å². The van der Waals surface area contributed by atoms with Crippen molar-refractivity contribution >= 4 is 17.2 Å². The number of nitrogens with zero attached hydrogens (tertiary/aromatic N) is 3. The summed E-state index contributed by atoms with van der Waals surface area (Å²) in [6.07, 6.45) is -0.794. The molecule has 130 valence electrons. The Kier molecular flexibility index (Phi) is 4.76. The van der Waals surface area contributed by atoms with Crippen LogP contribution in [0.3, 0.4) is 0 Å². The molecule has 1 atom stereocenters. The van der Waals surface area contributed by atoms with Gasteiger partial charge in [0.25, 0.3) is 0 Å². The minimum absolute atomic E-state index is 0.0897. The molecule has 1 unspecified atom stereocenters. The zero-order valence-corrected chi connectivity index (χ0v) is 14.3. The van der Waals surface area contributed by atoms with Gasteiger partial charge in [-0.3, -0.25) is 0 Å². The smallest absolute Gasteiger partial charge is 0.248 e. The van der Waals surface area contributed by atoms with Gasteiger partial charge in [-0.2, -0.15) is 0 Å². The Morgan fingerprint density at radius 2 is 1.96 bits per heavy atom. The van der Waals surface area contributed by atoms with Gasteiger partial charge in [-0.15, -0.1) is 11.3 Å². The lowest BCUT2D eigenvalue weighted by molar-refractivity contribution is -0.0361. The Morgan fingerprint density at radius 1 is 1.25 bits per heavy atom. The normalized spacial score (nSPS) is 19.2. The number of halogens is 3. The van der Waals surface area contributed by atoms with Crippen LogP contribution in [-0.2, 0) is 0 Å². The third kappa shape index (κ3) is 4.03. The molecule has 1 fully saturated rings. The molecule has 3 rings (SSSR count). The Hall–Kier alpha value is -1.70. The Morgan fingerprint density at radius 3 is 2.54 bits per heavy atom. The van der Waals surface area contributed by atoms with Crippen molar-refractivity contribution in [3.63, 3.8) is 0 Å². The van der Waals surface area contributed by atoms with Crippen LogP contribution in [0.4, 0.5) is 19.0 Å². The molecular weight excluding hydrogens is 337 g/mol. The number of nitrogens with one attached hydrogen (secondary N) is 1. The lowest BCUT2D eigenvalue weighted by atomic mass is 9.92. The van der Waals surface area contributed by atoms with Gasteiger partial charge in [-0.05, 0) is 26.7 Å². The topological polar surface area (TPSA) is 50.7 Å². The SMILES string of the molecule is Cc1csc(-c2nc(NC3CCC(F)(F)CC3)cc(C(C)F)n2)n1. The average molecular weight is 356 g/mol. The van der Waals surface area contributed by atoms with Crippen LogP contribution in [0.2, 0.25) is 0 Å². The first kappa shape index (κ1) is 17.1. The van der Waals surface area contributed by atoms with E-state index in [2.05, 4.69) is 20.3 Å². The molecule has 2 aromatic heterocycles. The van der Waals surface area contributed by atoms with Crippen molar-refractivity contribution in [3.8, 4) is 10.8 Å². The standard InChI is InChI=1S/C16H19F3N4S/c1-9-8-24-15(20-9)14-22-12(10(2)17)7-13(23-14)21-11-3-5-16(18,19)6-4-11/h7-8,10-11H,3-6H2,1-2H3,(H,21,22,23). The molecule has 1 N–H and O–H groups in total. The molecule has 8 heteroatoms. The minimum atomic E-state index is -2.58. The van der Waals surface area contributed by atoms with Gasteiger partial charge >= 0.3 is 0 Å². The highest BCUT2D eigenvalue weighted by molar-refractivity contribution is 7.13. The molecular formula is C16H19F3N4S. The molecule has 1 saturated carbocycles. The van der Waals surface area contributed by atoms with E-state index in [-0.39, 0.29) is 24.6 Å². The zero-order valence-electron chi connectivity index (χ0n) is 13.5. The molecule has 1 aliphatic rings. The van der Waals surface area contributed by atoms with E-state index in [0.717, 1.165) is 5.69 Å². The summed E-state index contributed by atoms with van der Waals surface area (Å²) in [5.41, 5.74) is 1.11. The molecule has 4 nitrogen and oxygen atoms in total. The van der Waals surface area contributed by atoms with Crippen LogP contribution >= 0.6 is 11.3 Å². The fraction of sp³-hybridized carbons (Fsp3) is 0.562. The van der Waals surface area contributed by atoms with E-state index in [1.165, 1.54) is 18.3 Å². The van der Waals surface area contributed by atoms with Gasteiger partial charge in [0.05, 0.1) is 5.69 Å². The largest absolute Gasteiger partial charge is 0.367 e. The second kappa shape index (κ2) is 6.66. The van der Waals surface area contributed by atoms with Crippen LogP contribution in [0.5, 0.6) is 0 Å². The number of hydrogen-bond acceptors (Lipinski definition) is 5. The molecule has 0 saturated heterocycles. The van der Waals surface area contributed by atoms with Gasteiger partial charge in [-0.25, -0.2) is 28.1 Å². The molecule has 0 bridgehead atoms. The molecule has 24 heavy (non-hydrogen) atoms. The monoisotopic (exact) mass is 356 g/mol. The molecule has 0 radical (unpaired) electrons. The third-order valence-corrected chi connectivity index (χ3v) is 4.99. The van der Waals surface area contributed by atoms with Crippen LogP contribution < -0.4 is 5.32 Å². The van der Waals surface area contributed by atoms with Crippen molar-refractivity contribution in [1.82, 2.24) is 15.0 Å². The van der Waals surface area contributed by atoms with Gasteiger partial charge < -0.3 is 5.32 Å². The quantitative estimate of drug-likeness (QED) is 0.844. The first-order valence-corrected chi connectivity index (χ1v) is 8.80. The fourth-order valence-corrected chi connectivity index (χ4v) is 3.42. The Bertz CT molecular complexity index is 707. The van der Waals surface area contributed by atoms with Gasteiger partial charge in [0.2, 0.25) is 5.92 Å². The third-order valence-electron chi connectivity index (χ3n) is 4.03. The van der Waals surface area contributed by atoms with E-state index in [4.69, 9.17) is 0 Å². The van der Waals surface area contributed by atoms with Crippen LogP contribution in [0.15, 0.2) is 11.4 Å². The average Bonchev–Trinajstić information content (AvgIpc) is 2.96. The number of alkyl halides is 3. The number of rotatable bonds is 4. The van der Waals surface area contributed by atoms with Crippen LogP contribution in [0.1, 0.15) is 50.2 Å². The lowest BCUT2D eigenvalue weighted by Gasteiger charge is -2.29. The molecule has 1 aliphatic carbocycles. The molecule has 0 spiro atoms. The van der Waals surface area contributed by atoms with Gasteiger partial charge in [0.15, 0.2) is 10.8 Å². The van der Waals surface area contributed by atoms with Gasteiger partial charge in [0, 0.05) is 36.0 Å². The lowest BCUT2D eigenvalue weighted by Crippen LogP contribution is -2.32. The van der Waals surface area contributed by atoms with Gasteiger partial charge in [0.1, 0.15) is 12.0 Å². The highest BCUT2D eigenvalue weighted by atomic mass is 32.1. The number of aryl methyl sites for hydroxylation is 1. The van der Waals surface area contributed by atoms with E-state index >= 15 is 0 Å². The highest BCUT2D eigenvalue weighted by Crippen LogP contribution is 2.34. The molecule has 2 heterocycles. The van der Waals surface area contributed by atoms with E-state index in [0.29, 0.717) is 29.5 Å². The van der Waals surface area contributed by atoms with Crippen molar-refractivity contribution in [1.29, 1.82) is 0 Å². The second-order valence-corrected chi connectivity index (χ2v) is 7.04. The van der Waals surface area contributed by atoms with Gasteiger partial charge in [-0.1, -0.05) is 0 Å². The summed E-state index contributed by atoms with van der Waals surface area (Å²) in [5, 5.41) is 5.65. The summed E-state index contributed by atoms with van der Waals surface area (Å²) in [6, 6.07) is 1.45. The van der Waals surface area contributed by atoms with Crippen LogP contribution in [-0.4, -0.2) is 26.9 Å². The fourth-order valence-electron chi connectivity index (χ4n) is 2.69. The number of anilines is 1. The Balaban J connectivity index is 1.83. The Labute approximate surface area is 142 Å². The van der Waals surface area contributed by atoms with E-state index in [1.807, 2.05) is 12.3 Å². The van der Waals surface area contributed by atoms with Crippen LogP contribution in [0, 0.1) is 6.92 Å². The predicted molar refractivity (Wildman–Crippen MR) is 88.2 cm³/mol. The predicted octanol–water partition coefficient (Wildman–Crippen LogP) is 4.93.